The van der Waals surface area contributed by atoms with Gasteiger partial charge in [-0.2, -0.15) is 0 Å². The van der Waals surface area contributed by atoms with E-state index in [1.807, 2.05) is 0 Å². The van der Waals surface area contributed by atoms with E-state index in [9.17, 15) is 4.79 Å². The molecule has 2 rings (SSSR count). The quantitative estimate of drug-likeness (QED) is 0.409. The average Bonchev–Trinajstić information content (AvgIpc) is 2.58. The number of ether oxygens (including phenoxy) is 4. The second kappa shape index (κ2) is 9.05. The molecule has 0 saturated heterocycles. The first kappa shape index (κ1) is 17.1. The molecule has 124 valence electrons. The lowest BCUT2D eigenvalue weighted by molar-refractivity contribution is 0.151. The van der Waals surface area contributed by atoms with Crippen molar-refractivity contribution >= 4 is 6.16 Å². The summed E-state index contributed by atoms with van der Waals surface area (Å²) in [5.41, 5.74) is 0. The molecule has 0 N–H and O–H groups in total. The van der Waals surface area contributed by atoms with E-state index in [1.54, 1.807) is 60.7 Å². The van der Waals surface area contributed by atoms with Gasteiger partial charge in [0.15, 0.2) is 0 Å². The fourth-order valence-electron chi connectivity index (χ4n) is 1.78. The number of hydrogen-bond donors (Lipinski definition) is 0. The molecule has 0 saturated carbocycles. The third kappa shape index (κ3) is 5.53. The standard InChI is InChI=1S/C19H18O5/c1-3-11-21-15-7-5-9-17(13-15)23-19(20)24-18-10-6-8-16(14-18)22-12-4-2/h3-10,13-14H,1-2,11-12H2. The van der Waals surface area contributed by atoms with Gasteiger partial charge in [0.25, 0.3) is 0 Å². The van der Waals surface area contributed by atoms with E-state index in [0.29, 0.717) is 36.2 Å². The van der Waals surface area contributed by atoms with E-state index in [2.05, 4.69) is 13.2 Å². The zero-order chi connectivity index (χ0) is 17.2. The first-order chi connectivity index (χ1) is 11.7. The smallest absolute Gasteiger partial charge is 0.489 e. The molecule has 0 fully saturated rings. The van der Waals surface area contributed by atoms with Crippen LogP contribution in [0.15, 0.2) is 73.8 Å². The Hall–Kier alpha value is -3.21. The Labute approximate surface area is 140 Å². The topological polar surface area (TPSA) is 54.0 Å². The predicted molar refractivity (Wildman–Crippen MR) is 90.9 cm³/mol. The maximum Gasteiger partial charge on any atom is 0.519 e. The molecule has 0 aliphatic heterocycles. The molecule has 0 aromatic heterocycles. The van der Waals surface area contributed by atoms with Gasteiger partial charge >= 0.3 is 6.16 Å². The molecule has 0 bridgehead atoms. The molecule has 0 amide bonds. The lowest BCUT2D eigenvalue weighted by atomic mass is 10.3. The highest BCUT2D eigenvalue weighted by atomic mass is 16.7. The Morgan fingerprint density at radius 2 is 1.21 bits per heavy atom. The minimum absolute atomic E-state index is 0.320. The second-order valence-corrected chi connectivity index (χ2v) is 4.60. The SMILES string of the molecule is C=CCOc1cccc(OC(=O)Oc2cccc(OCC=C)c2)c1. The van der Waals surface area contributed by atoms with Crippen LogP contribution in [0.4, 0.5) is 4.79 Å². The molecule has 0 aliphatic carbocycles. The molecule has 2 aromatic carbocycles. The second-order valence-electron chi connectivity index (χ2n) is 4.60. The van der Waals surface area contributed by atoms with Gasteiger partial charge in [-0.3, -0.25) is 0 Å². The van der Waals surface area contributed by atoms with E-state index in [4.69, 9.17) is 18.9 Å². The van der Waals surface area contributed by atoms with Crippen LogP contribution in [-0.2, 0) is 0 Å². The zero-order valence-corrected chi connectivity index (χ0v) is 13.1. The summed E-state index contributed by atoms with van der Waals surface area (Å²) < 4.78 is 21.0. The predicted octanol–water partition coefficient (Wildman–Crippen LogP) is 4.39. The van der Waals surface area contributed by atoms with Crippen molar-refractivity contribution in [1.82, 2.24) is 0 Å². The molecule has 24 heavy (non-hydrogen) atoms. The van der Waals surface area contributed by atoms with Gasteiger partial charge in [0.1, 0.15) is 36.2 Å². The number of carbonyl (C=O) groups is 1. The van der Waals surface area contributed by atoms with Crippen LogP contribution >= 0.6 is 0 Å². The molecule has 5 heteroatoms. The maximum absolute atomic E-state index is 11.9. The summed E-state index contributed by atoms with van der Waals surface area (Å²) in [5.74, 6) is 1.78. The van der Waals surface area contributed by atoms with Gasteiger partial charge in [-0.25, -0.2) is 4.79 Å². The van der Waals surface area contributed by atoms with Crippen molar-refractivity contribution in [2.45, 2.75) is 0 Å². The van der Waals surface area contributed by atoms with Crippen LogP contribution in [0, 0.1) is 0 Å². The highest BCUT2D eigenvalue weighted by Gasteiger charge is 2.09. The van der Waals surface area contributed by atoms with Crippen LogP contribution in [0.3, 0.4) is 0 Å². The highest BCUT2D eigenvalue weighted by molar-refractivity contribution is 5.67. The Morgan fingerprint density at radius 3 is 1.62 bits per heavy atom. The molecule has 5 nitrogen and oxygen atoms in total. The fraction of sp³-hybridized carbons (Fsp3) is 0.105. The van der Waals surface area contributed by atoms with Crippen LogP contribution in [0.5, 0.6) is 23.0 Å². The Morgan fingerprint density at radius 1 is 0.792 bits per heavy atom. The van der Waals surface area contributed by atoms with Crippen molar-refractivity contribution in [3.05, 3.63) is 73.8 Å². The molecule has 2 aromatic rings. The van der Waals surface area contributed by atoms with Crippen LogP contribution < -0.4 is 18.9 Å². The van der Waals surface area contributed by atoms with Crippen molar-refractivity contribution in [1.29, 1.82) is 0 Å². The lowest BCUT2D eigenvalue weighted by Crippen LogP contribution is -2.13. The zero-order valence-electron chi connectivity index (χ0n) is 13.1. The van der Waals surface area contributed by atoms with E-state index < -0.39 is 6.16 Å². The van der Waals surface area contributed by atoms with Gasteiger partial charge in [-0.05, 0) is 24.3 Å². The normalized spacial score (nSPS) is 9.67. The summed E-state index contributed by atoms with van der Waals surface area (Å²) in [6, 6.07) is 13.4. The summed E-state index contributed by atoms with van der Waals surface area (Å²) in [6.45, 7) is 7.88. The summed E-state index contributed by atoms with van der Waals surface area (Å²) in [4.78, 5) is 11.9. The first-order valence-electron chi connectivity index (χ1n) is 7.28. The van der Waals surface area contributed by atoms with Crippen LogP contribution in [0.1, 0.15) is 0 Å². The van der Waals surface area contributed by atoms with Gasteiger partial charge in [0.05, 0.1) is 0 Å². The van der Waals surface area contributed by atoms with E-state index in [1.165, 1.54) is 0 Å². The third-order valence-corrected chi connectivity index (χ3v) is 2.75. The molecule has 0 aliphatic rings. The van der Waals surface area contributed by atoms with Crippen molar-refractivity contribution in [3.8, 4) is 23.0 Å². The first-order valence-corrected chi connectivity index (χ1v) is 7.28. The van der Waals surface area contributed by atoms with Gasteiger partial charge < -0.3 is 18.9 Å². The Bertz CT molecular complexity index is 649. The van der Waals surface area contributed by atoms with Gasteiger partial charge in [-0.1, -0.05) is 37.4 Å². The van der Waals surface area contributed by atoms with Gasteiger partial charge in [0, 0.05) is 12.1 Å². The molecule has 0 unspecified atom stereocenters. The van der Waals surface area contributed by atoms with Crippen LogP contribution in [0.2, 0.25) is 0 Å². The summed E-state index contributed by atoms with van der Waals surface area (Å²) in [5, 5.41) is 0. The number of benzene rings is 2. The van der Waals surface area contributed by atoms with Crippen LogP contribution in [-0.4, -0.2) is 19.4 Å². The number of hydrogen-bond acceptors (Lipinski definition) is 5. The average molecular weight is 326 g/mol. The third-order valence-electron chi connectivity index (χ3n) is 2.75. The van der Waals surface area contributed by atoms with Crippen molar-refractivity contribution in [3.63, 3.8) is 0 Å². The molecular formula is C19H18O5. The van der Waals surface area contributed by atoms with Crippen LogP contribution in [0.25, 0.3) is 0 Å². The van der Waals surface area contributed by atoms with E-state index >= 15 is 0 Å². The van der Waals surface area contributed by atoms with Crippen molar-refractivity contribution < 1.29 is 23.7 Å². The van der Waals surface area contributed by atoms with E-state index in [0.717, 1.165) is 0 Å². The minimum Gasteiger partial charge on any atom is -0.489 e. The summed E-state index contributed by atoms with van der Waals surface area (Å²) >= 11 is 0. The summed E-state index contributed by atoms with van der Waals surface area (Å²) in [7, 11) is 0. The monoisotopic (exact) mass is 326 g/mol. The van der Waals surface area contributed by atoms with Gasteiger partial charge in [0.2, 0.25) is 0 Å². The van der Waals surface area contributed by atoms with E-state index in [-0.39, 0.29) is 0 Å². The fourth-order valence-corrected chi connectivity index (χ4v) is 1.78. The minimum atomic E-state index is -0.850. The lowest BCUT2D eigenvalue weighted by Gasteiger charge is -2.09. The highest BCUT2D eigenvalue weighted by Crippen LogP contribution is 2.22. The van der Waals surface area contributed by atoms with Gasteiger partial charge in [-0.15, -0.1) is 0 Å². The number of rotatable bonds is 8. The molecule has 0 radical (unpaired) electrons. The van der Waals surface area contributed by atoms with Crippen molar-refractivity contribution in [2.75, 3.05) is 13.2 Å². The molecule has 0 atom stereocenters. The Kier molecular flexibility index (Phi) is 6.46. The maximum atomic E-state index is 11.9. The summed E-state index contributed by atoms with van der Waals surface area (Å²) in [6.07, 6.45) is 2.41. The molecule has 0 heterocycles. The molecular weight excluding hydrogens is 308 g/mol. The Balaban J connectivity index is 1.95. The number of carbonyl (C=O) groups excluding carboxylic acids is 1. The van der Waals surface area contributed by atoms with Crippen molar-refractivity contribution in [2.24, 2.45) is 0 Å². The molecule has 0 spiro atoms. The largest absolute Gasteiger partial charge is 0.519 e.